The Hall–Kier alpha value is -2.22. The van der Waals surface area contributed by atoms with E-state index in [2.05, 4.69) is 49.0 Å². The van der Waals surface area contributed by atoms with Gasteiger partial charge in [-0.1, -0.05) is 37.6 Å². The number of aromatic nitrogens is 2. The molecule has 8 heteroatoms. The van der Waals surface area contributed by atoms with Crippen LogP contribution in [0.1, 0.15) is 63.8 Å². The van der Waals surface area contributed by atoms with E-state index in [9.17, 15) is 4.79 Å². The number of hydrogen-bond donors (Lipinski definition) is 1. The van der Waals surface area contributed by atoms with E-state index in [1.807, 2.05) is 29.3 Å². The van der Waals surface area contributed by atoms with Crippen LogP contribution < -0.4 is 5.32 Å². The Balaban J connectivity index is 1.21. The lowest BCUT2D eigenvalue weighted by atomic mass is 9.82. The number of carbonyl (C=O) groups excluding carboxylic acids is 1. The minimum atomic E-state index is -0.425. The molecule has 37 heavy (non-hydrogen) atoms. The zero-order chi connectivity index (χ0) is 26.2. The van der Waals surface area contributed by atoms with E-state index >= 15 is 0 Å². The first kappa shape index (κ1) is 26.4. The molecular weight excluding hydrogens is 486 g/mol. The molecule has 3 aliphatic rings. The normalized spacial score (nSPS) is 23.6. The number of benzene rings is 1. The summed E-state index contributed by atoms with van der Waals surface area (Å²) in [6.07, 6.45) is 4.96. The van der Waals surface area contributed by atoms with Crippen LogP contribution in [0.4, 0.5) is 5.95 Å². The average molecular weight is 526 g/mol. The van der Waals surface area contributed by atoms with Gasteiger partial charge in [0.1, 0.15) is 0 Å². The van der Waals surface area contributed by atoms with Gasteiger partial charge in [0.25, 0.3) is 0 Å². The number of likely N-dealkylation sites (tertiary alicyclic amines) is 1. The van der Waals surface area contributed by atoms with Crippen molar-refractivity contribution in [3.8, 4) is 0 Å². The molecule has 1 aromatic heterocycles. The molecule has 1 aromatic carbocycles. The molecule has 2 fully saturated rings. The quantitative estimate of drug-likeness (QED) is 0.543. The molecule has 2 aromatic rings. The van der Waals surface area contributed by atoms with Crippen molar-refractivity contribution in [2.24, 2.45) is 17.8 Å². The van der Waals surface area contributed by atoms with Crippen LogP contribution in [0.5, 0.6) is 0 Å². The first-order valence-electron chi connectivity index (χ1n) is 13.7. The molecule has 1 amide bonds. The van der Waals surface area contributed by atoms with Gasteiger partial charge in [0, 0.05) is 55.0 Å². The lowest BCUT2D eigenvalue weighted by Crippen LogP contribution is -2.45. The second-order valence-electron chi connectivity index (χ2n) is 11.6. The summed E-state index contributed by atoms with van der Waals surface area (Å²) >= 11 is 6.18. The number of rotatable bonds is 7. The molecule has 0 radical (unpaired) electrons. The molecule has 3 aliphatic heterocycles. The Morgan fingerprint density at radius 2 is 2.03 bits per heavy atom. The molecule has 0 bridgehead atoms. The number of nitrogens with zero attached hydrogens (tertiary/aromatic N) is 4. The highest BCUT2D eigenvalue weighted by Crippen LogP contribution is 2.40. The van der Waals surface area contributed by atoms with Gasteiger partial charge in [0.2, 0.25) is 11.9 Å². The number of ether oxygens (including phenoxy) is 1. The lowest BCUT2D eigenvalue weighted by molar-refractivity contribution is -0.142. The third-order valence-corrected chi connectivity index (χ3v) is 9.09. The fourth-order valence-electron chi connectivity index (χ4n) is 6.20. The number of amides is 1. The summed E-state index contributed by atoms with van der Waals surface area (Å²) in [7, 11) is 0. The summed E-state index contributed by atoms with van der Waals surface area (Å²) in [5.74, 6) is 1.61. The van der Waals surface area contributed by atoms with Gasteiger partial charge in [0.05, 0.1) is 17.8 Å². The summed E-state index contributed by atoms with van der Waals surface area (Å²) in [5.41, 5.74) is 2.82. The first-order valence-corrected chi connectivity index (χ1v) is 14.1. The van der Waals surface area contributed by atoms with Crippen LogP contribution >= 0.6 is 11.6 Å². The predicted molar refractivity (Wildman–Crippen MR) is 146 cm³/mol. The summed E-state index contributed by atoms with van der Waals surface area (Å²) in [4.78, 5) is 27.8. The van der Waals surface area contributed by atoms with E-state index in [-0.39, 0.29) is 11.8 Å². The van der Waals surface area contributed by atoms with Crippen molar-refractivity contribution >= 4 is 23.5 Å². The maximum atomic E-state index is 13.9. The van der Waals surface area contributed by atoms with Crippen molar-refractivity contribution in [3.63, 3.8) is 0 Å². The van der Waals surface area contributed by atoms with Crippen molar-refractivity contribution in [1.82, 2.24) is 19.8 Å². The van der Waals surface area contributed by atoms with E-state index in [1.54, 1.807) is 0 Å². The zero-order valence-corrected chi connectivity index (χ0v) is 23.3. The summed E-state index contributed by atoms with van der Waals surface area (Å²) in [6.45, 7) is 13.6. The van der Waals surface area contributed by atoms with Crippen LogP contribution in [0.25, 0.3) is 0 Å². The minimum absolute atomic E-state index is 0.0579. The number of halogens is 1. The van der Waals surface area contributed by atoms with Crippen molar-refractivity contribution < 1.29 is 9.53 Å². The Labute approximate surface area is 225 Å². The van der Waals surface area contributed by atoms with Gasteiger partial charge in [0.15, 0.2) is 0 Å². The van der Waals surface area contributed by atoms with Gasteiger partial charge in [-0.2, -0.15) is 0 Å². The number of anilines is 1. The number of nitrogens with one attached hydrogen (secondary N) is 1. The van der Waals surface area contributed by atoms with Crippen LogP contribution in [0.2, 0.25) is 5.02 Å². The van der Waals surface area contributed by atoms with E-state index in [0.29, 0.717) is 30.4 Å². The summed E-state index contributed by atoms with van der Waals surface area (Å²) in [5, 5.41) is 4.25. The van der Waals surface area contributed by atoms with Crippen LogP contribution in [0, 0.1) is 17.8 Å². The van der Waals surface area contributed by atoms with Gasteiger partial charge in [-0.05, 0) is 69.2 Å². The highest BCUT2D eigenvalue weighted by Gasteiger charge is 2.44. The lowest BCUT2D eigenvalue weighted by Gasteiger charge is -2.36. The van der Waals surface area contributed by atoms with E-state index < -0.39 is 5.54 Å². The Morgan fingerprint density at radius 1 is 1.24 bits per heavy atom. The minimum Gasteiger partial charge on any atom is -0.381 e. The van der Waals surface area contributed by atoms with Gasteiger partial charge >= 0.3 is 0 Å². The standard InChI is InChI=1S/C29H40ClN5O2/c1-19(22-8-11-34(17-22)16-21-6-5-7-23(30)14-21)20(2)27(36)35-18-26-25(29(35,3)4)15-31-28(33-26)32-24-9-12-37-13-10-24/h5-7,14-15,19-20,22,24H,8-13,16-18H2,1-4H3,(H,31,32,33). The molecule has 5 rings (SSSR count). The molecule has 3 atom stereocenters. The molecule has 1 N–H and O–H groups in total. The van der Waals surface area contributed by atoms with Crippen molar-refractivity contribution in [2.45, 2.75) is 71.6 Å². The largest absolute Gasteiger partial charge is 0.381 e. The van der Waals surface area contributed by atoms with E-state index in [1.165, 1.54) is 5.56 Å². The first-order chi connectivity index (χ1) is 17.7. The van der Waals surface area contributed by atoms with Gasteiger partial charge in [-0.15, -0.1) is 0 Å². The van der Waals surface area contributed by atoms with E-state index in [4.69, 9.17) is 21.3 Å². The fraction of sp³-hybridized carbons (Fsp3) is 0.621. The highest BCUT2D eigenvalue weighted by molar-refractivity contribution is 6.30. The van der Waals surface area contributed by atoms with Crippen molar-refractivity contribution in [3.05, 3.63) is 52.3 Å². The van der Waals surface area contributed by atoms with Crippen molar-refractivity contribution in [1.29, 1.82) is 0 Å². The average Bonchev–Trinajstić information content (AvgIpc) is 3.45. The van der Waals surface area contributed by atoms with Crippen LogP contribution in [0.3, 0.4) is 0 Å². The third kappa shape index (κ3) is 5.64. The van der Waals surface area contributed by atoms with E-state index in [0.717, 1.165) is 68.4 Å². The molecule has 7 nitrogen and oxygen atoms in total. The third-order valence-electron chi connectivity index (χ3n) is 8.86. The number of hydrogen-bond acceptors (Lipinski definition) is 6. The second kappa shape index (κ2) is 10.9. The fourth-order valence-corrected chi connectivity index (χ4v) is 6.41. The molecule has 4 heterocycles. The molecular formula is C29H40ClN5O2. The van der Waals surface area contributed by atoms with Crippen LogP contribution in [0.15, 0.2) is 30.5 Å². The number of carbonyl (C=O) groups is 1. The number of fused-ring (bicyclic) bond motifs is 1. The Morgan fingerprint density at radius 3 is 2.78 bits per heavy atom. The van der Waals surface area contributed by atoms with Gasteiger partial charge < -0.3 is 15.0 Å². The Kier molecular flexibility index (Phi) is 7.75. The summed E-state index contributed by atoms with van der Waals surface area (Å²) in [6, 6.07) is 8.45. The maximum absolute atomic E-state index is 13.9. The molecule has 0 spiro atoms. The Bertz CT molecular complexity index is 1120. The predicted octanol–water partition coefficient (Wildman–Crippen LogP) is 5.09. The molecule has 2 saturated heterocycles. The smallest absolute Gasteiger partial charge is 0.226 e. The van der Waals surface area contributed by atoms with Crippen LogP contribution in [-0.4, -0.2) is 58.0 Å². The molecule has 3 unspecified atom stereocenters. The second-order valence-corrected chi connectivity index (χ2v) is 12.1. The van der Waals surface area contributed by atoms with Gasteiger partial charge in [-0.25, -0.2) is 9.97 Å². The van der Waals surface area contributed by atoms with Crippen molar-refractivity contribution in [2.75, 3.05) is 31.6 Å². The molecule has 0 aliphatic carbocycles. The zero-order valence-electron chi connectivity index (χ0n) is 22.5. The van der Waals surface area contributed by atoms with Crippen LogP contribution in [-0.2, 0) is 28.2 Å². The molecule has 0 saturated carbocycles. The summed E-state index contributed by atoms with van der Waals surface area (Å²) < 4.78 is 5.46. The van der Waals surface area contributed by atoms with Gasteiger partial charge in [-0.3, -0.25) is 9.69 Å². The molecule has 200 valence electrons. The monoisotopic (exact) mass is 525 g/mol. The topological polar surface area (TPSA) is 70.6 Å². The maximum Gasteiger partial charge on any atom is 0.226 e. The highest BCUT2D eigenvalue weighted by atomic mass is 35.5. The SMILES string of the molecule is CC(C(=O)N1Cc2nc(NC3CCOCC3)ncc2C1(C)C)C(C)C1CCN(Cc2cccc(Cl)c2)C1.